The number of benzene rings is 1. The number of rotatable bonds is 3. The highest BCUT2D eigenvalue weighted by molar-refractivity contribution is 6.30. The molecule has 102 valence electrons. The summed E-state index contributed by atoms with van der Waals surface area (Å²) in [5.41, 5.74) is 6.54. The topological polar surface area (TPSA) is 113 Å². The molecule has 0 unspecified atom stereocenters. The molecule has 0 amide bonds. The number of nitrogens with two attached hydrogens (primary N) is 1. The molecule has 0 atom stereocenters. The summed E-state index contributed by atoms with van der Waals surface area (Å²) in [7, 11) is 0. The maximum absolute atomic E-state index is 11.7. The highest BCUT2D eigenvalue weighted by atomic mass is 35.5. The van der Waals surface area contributed by atoms with Crippen LogP contribution in [-0.2, 0) is 6.54 Å². The largest absolute Gasteiger partial charge is 0.442 e. The lowest BCUT2D eigenvalue weighted by Crippen LogP contribution is -2.16. The van der Waals surface area contributed by atoms with E-state index in [0.29, 0.717) is 5.02 Å². The van der Waals surface area contributed by atoms with Crippen LogP contribution in [0.2, 0.25) is 5.02 Å². The Kier molecular flexibility index (Phi) is 2.99. The number of anilines is 1. The Morgan fingerprint density at radius 2 is 2.15 bits per heavy atom. The Balaban J connectivity index is 2.04. The molecule has 8 nitrogen and oxygen atoms in total. The minimum Gasteiger partial charge on any atom is -0.379 e. The van der Waals surface area contributed by atoms with Gasteiger partial charge in [0.25, 0.3) is 0 Å². The second-order valence-corrected chi connectivity index (χ2v) is 4.42. The van der Waals surface area contributed by atoms with Crippen LogP contribution >= 0.6 is 11.6 Å². The van der Waals surface area contributed by atoms with E-state index in [1.165, 1.54) is 4.57 Å². The highest BCUT2D eigenvalue weighted by Crippen LogP contribution is 2.20. The number of hydrogen-bond donors (Lipinski definition) is 1. The first kappa shape index (κ1) is 12.4. The molecule has 2 N–H and O–H groups in total. The summed E-state index contributed by atoms with van der Waals surface area (Å²) in [5, 5.41) is 11.2. The zero-order valence-corrected chi connectivity index (χ0v) is 10.7. The summed E-state index contributed by atoms with van der Waals surface area (Å²) in [6.45, 7) is 0.213. The standard InChI is InChI=1S/C11H8ClN5O3/c12-7-3-1-2-6(4-7)5-17-10(16-19-11(17)18)8-9(13)15-20-14-8/h1-4H,5H2,(H2,13,15). The molecule has 0 saturated heterocycles. The summed E-state index contributed by atoms with van der Waals surface area (Å²) in [5.74, 6) is -0.464. The Hall–Kier alpha value is -2.61. The number of nitrogens with zero attached hydrogens (tertiary/aromatic N) is 4. The molecule has 0 aliphatic rings. The minimum atomic E-state index is -0.637. The molecule has 0 aliphatic carbocycles. The summed E-state index contributed by atoms with van der Waals surface area (Å²) >= 11 is 5.91. The second kappa shape index (κ2) is 4.82. The molecule has 0 fully saturated rings. The van der Waals surface area contributed by atoms with Crippen molar-refractivity contribution in [2.45, 2.75) is 6.54 Å². The van der Waals surface area contributed by atoms with Crippen LogP contribution in [0, 0.1) is 0 Å². The van der Waals surface area contributed by atoms with Gasteiger partial charge in [0.05, 0.1) is 6.54 Å². The SMILES string of the molecule is Nc1nonc1-c1noc(=O)n1Cc1cccc(Cl)c1. The molecular weight excluding hydrogens is 286 g/mol. The zero-order chi connectivity index (χ0) is 14.1. The van der Waals surface area contributed by atoms with Gasteiger partial charge in [0.2, 0.25) is 5.82 Å². The van der Waals surface area contributed by atoms with Crippen molar-refractivity contribution >= 4 is 17.4 Å². The molecule has 2 aromatic heterocycles. The quantitative estimate of drug-likeness (QED) is 0.771. The van der Waals surface area contributed by atoms with Crippen molar-refractivity contribution in [3.63, 3.8) is 0 Å². The Bertz CT molecular complexity index is 806. The highest BCUT2D eigenvalue weighted by Gasteiger charge is 2.20. The van der Waals surface area contributed by atoms with Crippen molar-refractivity contribution in [2.24, 2.45) is 0 Å². The fourth-order valence-electron chi connectivity index (χ4n) is 1.75. The van der Waals surface area contributed by atoms with E-state index in [4.69, 9.17) is 17.3 Å². The monoisotopic (exact) mass is 293 g/mol. The maximum Gasteiger partial charge on any atom is 0.442 e. The predicted octanol–water partition coefficient (Wildman–Crippen LogP) is 1.17. The number of hydrogen-bond acceptors (Lipinski definition) is 7. The van der Waals surface area contributed by atoms with Crippen molar-refractivity contribution in [1.82, 2.24) is 20.0 Å². The Labute approximate surface area is 116 Å². The zero-order valence-electron chi connectivity index (χ0n) is 9.99. The number of nitrogen functional groups attached to an aromatic ring is 1. The van der Waals surface area contributed by atoms with Crippen LogP contribution in [0.4, 0.5) is 5.82 Å². The van der Waals surface area contributed by atoms with Gasteiger partial charge < -0.3 is 5.73 Å². The van der Waals surface area contributed by atoms with Gasteiger partial charge in [-0.3, -0.25) is 9.09 Å². The van der Waals surface area contributed by atoms with Gasteiger partial charge in [0, 0.05) is 5.02 Å². The molecule has 20 heavy (non-hydrogen) atoms. The van der Waals surface area contributed by atoms with Crippen LogP contribution in [-0.4, -0.2) is 20.0 Å². The molecule has 0 bridgehead atoms. The fourth-order valence-corrected chi connectivity index (χ4v) is 1.96. The average molecular weight is 294 g/mol. The smallest absolute Gasteiger partial charge is 0.379 e. The van der Waals surface area contributed by atoms with E-state index in [1.54, 1.807) is 18.2 Å². The van der Waals surface area contributed by atoms with Crippen molar-refractivity contribution in [3.05, 3.63) is 45.4 Å². The van der Waals surface area contributed by atoms with Gasteiger partial charge in [-0.1, -0.05) is 28.9 Å². The van der Waals surface area contributed by atoms with Gasteiger partial charge >= 0.3 is 5.76 Å². The summed E-state index contributed by atoms with van der Waals surface area (Å²) in [6.07, 6.45) is 0. The molecule has 0 radical (unpaired) electrons. The Morgan fingerprint density at radius 1 is 1.30 bits per heavy atom. The predicted molar refractivity (Wildman–Crippen MR) is 69.0 cm³/mol. The van der Waals surface area contributed by atoms with Gasteiger partial charge in [-0.25, -0.2) is 9.42 Å². The number of aromatic nitrogens is 4. The molecule has 2 heterocycles. The molecule has 0 saturated carbocycles. The number of halogens is 1. The first-order valence-electron chi connectivity index (χ1n) is 5.54. The van der Waals surface area contributed by atoms with E-state index in [0.717, 1.165) is 5.56 Å². The van der Waals surface area contributed by atoms with Crippen LogP contribution in [0.25, 0.3) is 11.5 Å². The summed E-state index contributed by atoms with van der Waals surface area (Å²) in [6, 6.07) is 7.07. The maximum atomic E-state index is 11.7. The minimum absolute atomic E-state index is 0.0261. The van der Waals surface area contributed by atoms with Crippen LogP contribution in [0.5, 0.6) is 0 Å². The lowest BCUT2D eigenvalue weighted by molar-refractivity contribution is 0.310. The van der Waals surface area contributed by atoms with Gasteiger partial charge in [0.15, 0.2) is 11.5 Å². The van der Waals surface area contributed by atoms with E-state index in [-0.39, 0.29) is 23.9 Å². The van der Waals surface area contributed by atoms with E-state index >= 15 is 0 Å². The third-order valence-electron chi connectivity index (χ3n) is 2.64. The summed E-state index contributed by atoms with van der Waals surface area (Å²) in [4.78, 5) is 11.7. The average Bonchev–Trinajstić information content (AvgIpc) is 2.97. The molecule has 3 rings (SSSR count). The van der Waals surface area contributed by atoms with Crippen molar-refractivity contribution in [1.29, 1.82) is 0 Å². The van der Waals surface area contributed by atoms with Crippen LogP contribution < -0.4 is 11.5 Å². The molecule has 9 heteroatoms. The van der Waals surface area contributed by atoms with Crippen LogP contribution in [0.1, 0.15) is 5.56 Å². The van der Waals surface area contributed by atoms with E-state index in [1.807, 2.05) is 6.07 Å². The normalized spacial score (nSPS) is 10.8. The molecule has 1 aromatic carbocycles. The molecular formula is C11H8ClN5O3. The second-order valence-electron chi connectivity index (χ2n) is 3.99. The fraction of sp³-hybridized carbons (Fsp3) is 0.0909. The van der Waals surface area contributed by atoms with E-state index < -0.39 is 5.76 Å². The summed E-state index contributed by atoms with van der Waals surface area (Å²) < 4.78 is 10.4. The van der Waals surface area contributed by atoms with Crippen molar-refractivity contribution in [2.75, 3.05) is 5.73 Å². The third-order valence-corrected chi connectivity index (χ3v) is 2.88. The molecule has 0 spiro atoms. The van der Waals surface area contributed by atoms with E-state index in [9.17, 15) is 4.79 Å². The van der Waals surface area contributed by atoms with Crippen LogP contribution in [0.3, 0.4) is 0 Å². The van der Waals surface area contributed by atoms with Gasteiger partial charge in [0.1, 0.15) is 0 Å². The molecule has 0 aliphatic heterocycles. The van der Waals surface area contributed by atoms with E-state index in [2.05, 4.69) is 24.6 Å². The lowest BCUT2D eigenvalue weighted by atomic mass is 10.2. The lowest BCUT2D eigenvalue weighted by Gasteiger charge is -2.03. The van der Waals surface area contributed by atoms with Crippen LogP contribution in [0.15, 0.2) is 38.2 Å². The van der Waals surface area contributed by atoms with Crippen molar-refractivity contribution in [3.8, 4) is 11.5 Å². The first-order chi connectivity index (χ1) is 9.65. The van der Waals surface area contributed by atoms with Crippen molar-refractivity contribution < 1.29 is 9.15 Å². The third kappa shape index (κ3) is 2.16. The van der Waals surface area contributed by atoms with Gasteiger partial charge in [-0.2, -0.15) is 0 Å². The van der Waals surface area contributed by atoms with Gasteiger partial charge in [-0.15, -0.1) is 0 Å². The Morgan fingerprint density at radius 3 is 2.85 bits per heavy atom. The molecule has 3 aromatic rings. The van der Waals surface area contributed by atoms with Gasteiger partial charge in [-0.05, 0) is 28.0 Å². The first-order valence-corrected chi connectivity index (χ1v) is 5.92.